The molecule has 0 amide bonds. The van der Waals surface area contributed by atoms with E-state index in [4.69, 9.17) is 32.2 Å². The van der Waals surface area contributed by atoms with Crippen LogP contribution in [0.2, 0.25) is 10.0 Å². The predicted octanol–water partition coefficient (Wildman–Crippen LogP) is 3.77. The summed E-state index contributed by atoms with van der Waals surface area (Å²) in [5.41, 5.74) is 0.0884. The Bertz CT molecular complexity index is 444. The molecule has 1 heterocycles. The van der Waals surface area contributed by atoms with Crippen LogP contribution in [0.1, 0.15) is 25.5 Å². The molecule has 101 valence electrons. The van der Waals surface area contributed by atoms with Crippen molar-refractivity contribution in [2.24, 2.45) is 5.41 Å². The van der Waals surface area contributed by atoms with Crippen molar-refractivity contribution in [3.8, 4) is 0 Å². The van der Waals surface area contributed by atoms with Crippen molar-refractivity contribution in [2.45, 2.75) is 20.0 Å². The van der Waals surface area contributed by atoms with Crippen LogP contribution in [0.5, 0.6) is 0 Å². The molecule has 2 N–H and O–H groups in total. The molecular formula is C11H14Cl2O4P. The Morgan fingerprint density at radius 3 is 2.39 bits per heavy atom. The first-order valence-electron chi connectivity index (χ1n) is 5.34. The van der Waals surface area contributed by atoms with Gasteiger partial charge in [0, 0.05) is 21.0 Å². The molecule has 2 rings (SSSR count). The molecule has 0 saturated carbocycles. The van der Waals surface area contributed by atoms with E-state index < -0.39 is 19.7 Å². The van der Waals surface area contributed by atoms with E-state index in [1.54, 1.807) is 18.2 Å². The highest BCUT2D eigenvalue weighted by molar-refractivity contribution is 7.54. The molecule has 1 aliphatic rings. The Labute approximate surface area is 116 Å². The standard InChI is InChI=1S/C11H14Cl2O4P/c1-11(2)6-16-18(14,15)17-10(11)9-7(12)4-3-5-8(9)13/h3-5,10,14-15H,6H2,1-2H3. The van der Waals surface area contributed by atoms with E-state index in [0.717, 1.165) is 0 Å². The predicted molar refractivity (Wildman–Crippen MR) is 71.4 cm³/mol. The molecule has 0 aromatic heterocycles. The van der Waals surface area contributed by atoms with Crippen LogP contribution in [-0.2, 0) is 9.05 Å². The Kier molecular flexibility index (Phi) is 3.92. The van der Waals surface area contributed by atoms with E-state index in [1.807, 2.05) is 13.8 Å². The van der Waals surface area contributed by atoms with Crippen molar-refractivity contribution in [3.63, 3.8) is 0 Å². The van der Waals surface area contributed by atoms with E-state index in [0.29, 0.717) is 15.6 Å². The Hall–Kier alpha value is 0.0700. The highest BCUT2D eigenvalue weighted by atomic mass is 35.5. The van der Waals surface area contributed by atoms with Gasteiger partial charge < -0.3 is 9.79 Å². The number of halogens is 2. The zero-order valence-corrected chi connectivity index (χ0v) is 12.3. The Morgan fingerprint density at radius 1 is 1.28 bits per heavy atom. The third-order valence-electron chi connectivity index (χ3n) is 2.82. The van der Waals surface area contributed by atoms with Crippen molar-refractivity contribution >= 4 is 31.4 Å². The van der Waals surface area contributed by atoms with Crippen LogP contribution in [0, 0.1) is 5.41 Å². The van der Waals surface area contributed by atoms with Crippen molar-refractivity contribution in [1.29, 1.82) is 0 Å². The maximum absolute atomic E-state index is 9.56. The fourth-order valence-electron chi connectivity index (χ4n) is 1.84. The summed E-state index contributed by atoms with van der Waals surface area (Å²) in [7, 11) is -3.80. The number of rotatable bonds is 1. The lowest BCUT2D eigenvalue weighted by Gasteiger charge is -2.43. The first-order valence-corrected chi connectivity index (χ1v) is 7.63. The summed E-state index contributed by atoms with van der Waals surface area (Å²) >= 11 is 12.3. The van der Waals surface area contributed by atoms with Crippen molar-refractivity contribution < 1.29 is 18.8 Å². The van der Waals surface area contributed by atoms with Crippen molar-refractivity contribution in [1.82, 2.24) is 0 Å². The zero-order valence-electron chi connectivity index (χ0n) is 9.93. The van der Waals surface area contributed by atoms with Gasteiger partial charge in [0.2, 0.25) is 0 Å². The molecule has 7 heteroatoms. The number of benzene rings is 1. The summed E-state index contributed by atoms with van der Waals surface area (Å²) in [6.45, 7) is 3.92. The lowest BCUT2D eigenvalue weighted by molar-refractivity contribution is -0.0631. The molecule has 1 radical (unpaired) electrons. The summed E-state index contributed by atoms with van der Waals surface area (Å²) in [6.07, 6.45) is -0.629. The van der Waals surface area contributed by atoms with Gasteiger partial charge in [-0.3, -0.25) is 9.05 Å². The molecule has 4 nitrogen and oxygen atoms in total. The molecule has 18 heavy (non-hydrogen) atoms. The minimum Gasteiger partial charge on any atom is -0.314 e. The van der Waals surface area contributed by atoms with Gasteiger partial charge in [-0.25, -0.2) is 0 Å². The minimum atomic E-state index is -3.80. The number of hydrogen-bond acceptors (Lipinski definition) is 4. The topological polar surface area (TPSA) is 58.9 Å². The third-order valence-corrected chi connectivity index (χ3v) is 4.43. The third kappa shape index (κ3) is 2.81. The Balaban J connectivity index is 2.46. The molecule has 1 atom stereocenters. The molecular weight excluding hydrogens is 298 g/mol. The second-order valence-corrected chi connectivity index (χ2v) is 7.14. The van der Waals surface area contributed by atoms with Crippen molar-refractivity contribution in [3.05, 3.63) is 33.8 Å². The van der Waals surface area contributed by atoms with Crippen LogP contribution in [0.4, 0.5) is 0 Å². The SMILES string of the molecule is CC1(C)CO[P](O)(O)OC1c1c(Cl)cccc1Cl. The average Bonchev–Trinajstić information content (AvgIpc) is 2.23. The monoisotopic (exact) mass is 311 g/mol. The summed E-state index contributed by atoms with van der Waals surface area (Å²) in [4.78, 5) is 19.1. The highest BCUT2D eigenvalue weighted by Crippen LogP contribution is 2.64. The smallest absolute Gasteiger partial charge is 0.314 e. The average molecular weight is 312 g/mol. The van der Waals surface area contributed by atoms with Gasteiger partial charge in [-0.15, -0.1) is 0 Å². The lowest BCUT2D eigenvalue weighted by Crippen LogP contribution is -2.35. The van der Waals surface area contributed by atoms with Gasteiger partial charge in [-0.2, -0.15) is 0 Å². The van der Waals surface area contributed by atoms with Gasteiger partial charge in [0.1, 0.15) is 6.10 Å². The van der Waals surface area contributed by atoms with Gasteiger partial charge in [-0.05, 0) is 12.1 Å². The van der Waals surface area contributed by atoms with Gasteiger partial charge >= 0.3 is 8.17 Å². The fraction of sp³-hybridized carbons (Fsp3) is 0.455. The Morgan fingerprint density at radius 2 is 1.83 bits per heavy atom. The van der Waals surface area contributed by atoms with E-state index >= 15 is 0 Å². The molecule has 1 aromatic carbocycles. The van der Waals surface area contributed by atoms with Crippen LogP contribution in [-0.4, -0.2) is 16.4 Å². The van der Waals surface area contributed by atoms with Crippen LogP contribution in [0.25, 0.3) is 0 Å². The van der Waals surface area contributed by atoms with Gasteiger partial charge in [0.15, 0.2) is 0 Å². The summed E-state index contributed by atoms with van der Waals surface area (Å²) in [5.74, 6) is 0. The molecule has 0 spiro atoms. The van der Waals surface area contributed by atoms with Gasteiger partial charge in [0.25, 0.3) is 0 Å². The van der Waals surface area contributed by atoms with Gasteiger partial charge in [0.05, 0.1) is 6.61 Å². The molecule has 1 fully saturated rings. The van der Waals surface area contributed by atoms with Crippen LogP contribution in [0.3, 0.4) is 0 Å². The van der Waals surface area contributed by atoms with E-state index in [1.165, 1.54) is 0 Å². The first-order chi connectivity index (χ1) is 8.23. The zero-order chi connectivity index (χ0) is 13.6. The highest BCUT2D eigenvalue weighted by Gasteiger charge is 2.46. The lowest BCUT2D eigenvalue weighted by atomic mass is 9.83. The van der Waals surface area contributed by atoms with Crippen molar-refractivity contribution in [2.75, 3.05) is 6.61 Å². The molecule has 1 aliphatic heterocycles. The van der Waals surface area contributed by atoms with Crippen LogP contribution < -0.4 is 0 Å². The molecule has 1 aromatic rings. The minimum absolute atomic E-state index is 0.153. The second-order valence-electron chi connectivity index (χ2n) is 4.87. The first kappa shape index (κ1) is 14.5. The summed E-state index contributed by atoms with van der Waals surface area (Å²) < 4.78 is 10.2. The van der Waals surface area contributed by atoms with E-state index in [9.17, 15) is 9.79 Å². The maximum Gasteiger partial charge on any atom is 0.375 e. The number of hydrogen-bond donors (Lipinski definition) is 2. The van der Waals surface area contributed by atoms with Crippen LogP contribution >= 0.6 is 31.4 Å². The van der Waals surface area contributed by atoms with Crippen LogP contribution in [0.15, 0.2) is 18.2 Å². The largest absolute Gasteiger partial charge is 0.375 e. The molecule has 1 saturated heterocycles. The maximum atomic E-state index is 9.56. The molecule has 0 aliphatic carbocycles. The summed E-state index contributed by atoms with van der Waals surface area (Å²) in [6, 6.07) is 5.10. The van der Waals surface area contributed by atoms with Gasteiger partial charge in [-0.1, -0.05) is 43.1 Å². The molecule has 1 unspecified atom stereocenters. The second kappa shape index (κ2) is 4.88. The normalized spacial score (nSPS) is 26.0. The van der Waals surface area contributed by atoms with E-state index in [2.05, 4.69) is 0 Å². The quantitative estimate of drug-likeness (QED) is 0.775. The fourth-order valence-corrected chi connectivity index (χ4v) is 3.66. The molecule has 0 bridgehead atoms. The van der Waals surface area contributed by atoms with E-state index in [-0.39, 0.29) is 6.61 Å². The summed E-state index contributed by atoms with van der Waals surface area (Å²) in [5, 5.41) is 0.866.